The van der Waals surface area contributed by atoms with Gasteiger partial charge in [0.15, 0.2) is 0 Å². The summed E-state index contributed by atoms with van der Waals surface area (Å²) >= 11 is 0. The predicted octanol–water partition coefficient (Wildman–Crippen LogP) is 2.25. The Morgan fingerprint density at radius 2 is 2.08 bits per heavy atom. The van der Waals surface area contributed by atoms with E-state index in [1.165, 1.54) is 24.0 Å². The number of nitrogens with zero attached hydrogens (tertiary/aromatic N) is 1. The Hall–Kier alpha value is -1.10. The summed E-state index contributed by atoms with van der Waals surface area (Å²) < 4.78 is 5.49. The van der Waals surface area contributed by atoms with Crippen LogP contribution in [0, 0.1) is 5.92 Å². The number of benzene rings is 1. The van der Waals surface area contributed by atoms with E-state index in [4.69, 9.17) is 4.74 Å². The van der Waals surface area contributed by atoms with Crippen LogP contribution >= 0.6 is 0 Å². The van der Waals surface area contributed by atoms with Crippen LogP contribution in [0.15, 0.2) is 18.2 Å². The fraction of sp³-hybridized carbons (Fsp3) is 0.714. The lowest BCUT2D eigenvalue weighted by Gasteiger charge is -2.64. The van der Waals surface area contributed by atoms with Gasteiger partial charge in [0.1, 0.15) is 5.75 Å². The summed E-state index contributed by atoms with van der Waals surface area (Å²) in [5.74, 6) is 1.70. The maximum atomic E-state index is 12.0. The van der Waals surface area contributed by atoms with Crippen molar-refractivity contribution in [1.29, 1.82) is 0 Å². The van der Waals surface area contributed by atoms with Gasteiger partial charge < -0.3 is 14.9 Å². The first kappa shape index (κ1) is 16.1. The monoisotopic (exact) mass is 343 g/mol. The highest BCUT2D eigenvalue weighted by atomic mass is 16.5. The van der Waals surface area contributed by atoms with E-state index in [1.54, 1.807) is 7.11 Å². The van der Waals surface area contributed by atoms with Gasteiger partial charge in [-0.05, 0) is 74.2 Å². The summed E-state index contributed by atoms with van der Waals surface area (Å²) in [7, 11) is 1.71. The Balaban J connectivity index is 1.63. The third kappa shape index (κ3) is 2.23. The van der Waals surface area contributed by atoms with Gasteiger partial charge in [-0.3, -0.25) is 4.90 Å². The van der Waals surface area contributed by atoms with E-state index in [1.807, 2.05) is 0 Å². The van der Waals surface area contributed by atoms with Crippen LogP contribution < -0.4 is 4.74 Å². The minimum atomic E-state index is -0.822. The fourth-order valence-electron chi connectivity index (χ4n) is 6.04. The van der Waals surface area contributed by atoms with Crippen LogP contribution in [-0.4, -0.2) is 53.1 Å². The van der Waals surface area contributed by atoms with E-state index in [0.717, 1.165) is 50.4 Å². The first-order chi connectivity index (χ1) is 12.1. The van der Waals surface area contributed by atoms with Crippen molar-refractivity contribution in [3.63, 3.8) is 0 Å². The van der Waals surface area contributed by atoms with Crippen LogP contribution in [0.3, 0.4) is 0 Å². The summed E-state index contributed by atoms with van der Waals surface area (Å²) in [6, 6.07) is 6.55. The summed E-state index contributed by atoms with van der Waals surface area (Å²) in [5, 5.41) is 22.4. The van der Waals surface area contributed by atoms with Crippen molar-refractivity contribution >= 4 is 0 Å². The second-order valence-corrected chi connectivity index (χ2v) is 8.83. The van der Waals surface area contributed by atoms with Crippen molar-refractivity contribution in [1.82, 2.24) is 4.90 Å². The molecule has 3 aliphatic carbocycles. The van der Waals surface area contributed by atoms with Crippen molar-refractivity contribution < 1.29 is 14.9 Å². The molecule has 136 valence electrons. The van der Waals surface area contributed by atoms with E-state index < -0.39 is 5.60 Å². The van der Waals surface area contributed by atoms with Crippen LogP contribution in [0.5, 0.6) is 5.75 Å². The summed E-state index contributed by atoms with van der Waals surface area (Å²) in [6.07, 6.45) is 6.33. The van der Waals surface area contributed by atoms with Crippen LogP contribution in [-0.2, 0) is 11.8 Å². The molecule has 5 rings (SSSR count). The van der Waals surface area contributed by atoms with Gasteiger partial charge >= 0.3 is 0 Å². The van der Waals surface area contributed by atoms with Crippen molar-refractivity contribution in [3.8, 4) is 5.75 Å². The molecular weight excluding hydrogens is 314 g/mol. The lowest BCUT2D eigenvalue weighted by atomic mass is 9.49. The molecule has 3 fully saturated rings. The van der Waals surface area contributed by atoms with Crippen molar-refractivity contribution in [2.45, 2.75) is 68.1 Å². The Morgan fingerprint density at radius 3 is 2.84 bits per heavy atom. The maximum Gasteiger partial charge on any atom is 0.119 e. The number of rotatable bonds is 3. The van der Waals surface area contributed by atoms with E-state index in [0.29, 0.717) is 6.42 Å². The van der Waals surface area contributed by atoms with Gasteiger partial charge in [0.05, 0.1) is 18.8 Å². The number of aliphatic hydroxyl groups excluding tert-OH is 1. The van der Waals surface area contributed by atoms with Crippen LogP contribution in [0.1, 0.15) is 49.7 Å². The molecule has 1 heterocycles. The zero-order chi connectivity index (χ0) is 17.2. The molecule has 2 saturated carbocycles. The number of ether oxygens (including phenoxy) is 1. The molecule has 0 amide bonds. The third-order valence-corrected chi connectivity index (χ3v) is 7.53. The minimum Gasteiger partial charge on any atom is -0.497 e. The molecule has 0 spiro atoms. The SMILES string of the molecule is COc1ccc2c(c1)[C@@]13CC[C@@H](O)C[C@@]1(O)[C@@H](C2)N(CC1CC1)CC3. The number of hydrogen-bond acceptors (Lipinski definition) is 4. The molecule has 4 nitrogen and oxygen atoms in total. The molecule has 1 aromatic carbocycles. The van der Waals surface area contributed by atoms with Crippen LogP contribution in [0.25, 0.3) is 0 Å². The fourth-order valence-corrected chi connectivity index (χ4v) is 6.04. The quantitative estimate of drug-likeness (QED) is 0.884. The van der Waals surface area contributed by atoms with E-state index >= 15 is 0 Å². The predicted molar refractivity (Wildman–Crippen MR) is 95.9 cm³/mol. The number of piperidine rings is 1. The lowest BCUT2D eigenvalue weighted by Crippen LogP contribution is -2.73. The zero-order valence-electron chi connectivity index (χ0n) is 15.1. The molecule has 1 saturated heterocycles. The van der Waals surface area contributed by atoms with Crippen molar-refractivity contribution in [2.75, 3.05) is 20.2 Å². The number of methoxy groups -OCH3 is 1. The second-order valence-electron chi connectivity index (χ2n) is 8.83. The molecule has 1 aromatic rings. The molecule has 25 heavy (non-hydrogen) atoms. The summed E-state index contributed by atoms with van der Waals surface area (Å²) in [4.78, 5) is 2.54. The maximum absolute atomic E-state index is 12.0. The van der Waals surface area contributed by atoms with Crippen molar-refractivity contribution in [3.05, 3.63) is 29.3 Å². The molecule has 4 atom stereocenters. The van der Waals surface area contributed by atoms with Crippen molar-refractivity contribution in [2.24, 2.45) is 5.92 Å². The first-order valence-electron chi connectivity index (χ1n) is 9.88. The third-order valence-electron chi connectivity index (χ3n) is 7.53. The molecule has 0 radical (unpaired) electrons. The normalized spacial score (nSPS) is 40.3. The molecule has 0 aromatic heterocycles. The van der Waals surface area contributed by atoms with Gasteiger partial charge in [-0.15, -0.1) is 0 Å². The standard InChI is InChI=1S/C21H29NO3/c1-25-17-5-4-15-10-19-21(24)12-16(23)6-7-20(21,18(15)11-17)8-9-22(19)13-14-2-3-14/h4-5,11,14,16,19,23-24H,2-3,6-10,12-13H2,1H3/t16-,19-,20+,21-/m1/s1. The summed E-state index contributed by atoms with van der Waals surface area (Å²) in [6.45, 7) is 2.18. The average molecular weight is 343 g/mol. The van der Waals surface area contributed by atoms with Gasteiger partial charge in [-0.1, -0.05) is 6.07 Å². The highest BCUT2D eigenvalue weighted by Gasteiger charge is 2.64. The smallest absolute Gasteiger partial charge is 0.119 e. The molecule has 2 bridgehead atoms. The number of hydrogen-bond donors (Lipinski definition) is 2. The van der Waals surface area contributed by atoms with E-state index in [9.17, 15) is 10.2 Å². The zero-order valence-corrected chi connectivity index (χ0v) is 15.1. The van der Waals surface area contributed by atoms with Gasteiger partial charge in [0.25, 0.3) is 0 Å². The van der Waals surface area contributed by atoms with Crippen LogP contribution in [0.2, 0.25) is 0 Å². The van der Waals surface area contributed by atoms with Gasteiger partial charge in [0, 0.05) is 24.4 Å². The molecule has 2 N–H and O–H groups in total. The highest BCUT2D eigenvalue weighted by Crippen LogP contribution is 2.58. The Morgan fingerprint density at radius 1 is 1.24 bits per heavy atom. The first-order valence-corrected chi connectivity index (χ1v) is 9.88. The number of aliphatic hydroxyl groups is 2. The Kier molecular flexibility index (Phi) is 3.51. The second kappa shape index (κ2) is 5.45. The molecule has 0 unspecified atom stereocenters. The molecule has 4 heteroatoms. The largest absolute Gasteiger partial charge is 0.497 e. The molecule has 4 aliphatic rings. The molecular formula is C21H29NO3. The Bertz CT molecular complexity index is 688. The molecule has 1 aliphatic heterocycles. The van der Waals surface area contributed by atoms with Gasteiger partial charge in [-0.2, -0.15) is 0 Å². The Labute approximate surface area is 149 Å². The minimum absolute atomic E-state index is 0.137. The van der Waals surface area contributed by atoms with Gasteiger partial charge in [0.2, 0.25) is 0 Å². The topological polar surface area (TPSA) is 52.9 Å². The average Bonchev–Trinajstić information content (AvgIpc) is 3.40. The van der Waals surface area contributed by atoms with E-state index in [2.05, 4.69) is 23.1 Å². The summed E-state index contributed by atoms with van der Waals surface area (Å²) in [5.41, 5.74) is 1.60. The number of likely N-dealkylation sites (tertiary alicyclic amines) is 1. The highest BCUT2D eigenvalue weighted by molar-refractivity contribution is 5.48. The van der Waals surface area contributed by atoms with Gasteiger partial charge in [-0.25, -0.2) is 0 Å². The van der Waals surface area contributed by atoms with E-state index in [-0.39, 0.29) is 17.6 Å². The lowest BCUT2D eigenvalue weighted by molar-refractivity contribution is -0.185. The van der Waals surface area contributed by atoms with Crippen LogP contribution in [0.4, 0.5) is 0 Å². The number of fused-ring (bicyclic) bond motifs is 1.